The molecule has 0 radical (unpaired) electrons. The molecule has 1 fully saturated rings. The molecule has 1 saturated heterocycles. The number of rotatable bonds is 3. The summed E-state index contributed by atoms with van der Waals surface area (Å²) in [5.41, 5.74) is 0. The molecule has 0 aromatic rings. The van der Waals surface area contributed by atoms with Gasteiger partial charge in [0.25, 0.3) is 0 Å². The Kier molecular flexibility index (Phi) is 4.22. The van der Waals surface area contributed by atoms with E-state index in [0.29, 0.717) is 11.5 Å². The lowest BCUT2D eigenvalue weighted by Gasteiger charge is -2.28. The third-order valence-corrected chi connectivity index (χ3v) is 5.33. The standard InChI is InChI=1S/C8H11F3O2S2/c1-2-13-6(12)5-7(8(9,10)11)14-3-4-15-7/h2-5H2,1H3. The highest BCUT2D eigenvalue weighted by Gasteiger charge is 2.59. The highest BCUT2D eigenvalue weighted by atomic mass is 32.2. The van der Waals surface area contributed by atoms with Crippen molar-refractivity contribution in [1.29, 1.82) is 0 Å². The van der Waals surface area contributed by atoms with E-state index >= 15 is 0 Å². The van der Waals surface area contributed by atoms with Crippen LogP contribution in [0.2, 0.25) is 0 Å². The molecule has 88 valence electrons. The molecule has 1 heterocycles. The van der Waals surface area contributed by atoms with Crippen molar-refractivity contribution in [1.82, 2.24) is 0 Å². The van der Waals surface area contributed by atoms with Gasteiger partial charge < -0.3 is 4.74 Å². The quantitative estimate of drug-likeness (QED) is 0.729. The third-order valence-electron chi connectivity index (χ3n) is 1.87. The van der Waals surface area contributed by atoms with Crippen LogP contribution in [-0.2, 0) is 9.53 Å². The number of carbonyl (C=O) groups is 1. The number of esters is 1. The molecule has 0 N–H and O–H groups in total. The van der Waals surface area contributed by atoms with Crippen LogP contribution in [0.3, 0.4) is 0 Å². The molecule has 1 aliphatic rings. The van der Waals surface area contributed by atoms with Crippen molar-refractivity contribution in [2.75, 3.05) is 18.1 Å². The Morgan fingerprint density at radius 3 is 2.33 bits per heavy atom. The molecule has 0 aromatic carbocycles. The second kappa shape index (κ2) is 4.86. The predicted molar refractivity (Wildman–Crippen MR) is 55.0 cm³/mol. The maximum absolute atomic E-state index is 12.8. The molecule has 0 saturated carbocycles. The van der Waals surface area contributed by atoms with Crippen LogP contribution >= 0.6 is 23.5 Å². The Balaban J connectivity index is 2.70. The van der Waals surface area contributed by atoms with Crippen LogP contribution < -0.4 is 0 Å². The lowest BCUT2D eigenvalue weighted by molar-refractivity contribution is -0.158. The van der Waals surface area contributed by atoms with Crippen LogP contribution in [0.25, 0.3) is 0 Å². The molecule has 0 aliphatic carbocycles. The van der Waals surface area contributed by atoms with Crippen molar-refractivity contribution >= 4 is 29.5 Å². The molecule has 7 heteroatoms. The first-order valence-electron chi connectivity index (χ1n) is 4.41. The minimum absolute atomic E-state index is 0.113. The fraction of sp³-hybridized carbons (Fsp3) is 0.875. The zero-order chi connectivity index (χ0) is 11.5. The molecular formula is C8H11F3O2S2. The topological polar surface area (TPSA) is 26.3 Å². The zero-order valence-corrected chi connectivity index (χ0v) is 9.73. The van der Waals surface area contributed by atoms with Gasteiger partial charge in [0.1, 0.15) is 0 Å². The Labute approximate surface area is 94.3 Å². The van der Waals surface area contributed by atoms with Crippen LogP contribution in [0.4, 0.5) is 13.2 Å². The minimum Gasteiger partial charge on any atom is -0.466 e. The number of hydrogen-bond donors (Lipinski definition) is 0. The second-order valence-corrected chi connectivity index (χ2v) is 5.98. The van der Waals surface area contributed by atoms with E-state index in [4.69, 9.17) is 0 Å². The predicted octanol–water partition coefficient (Wildman–Crippen LogP) is 2.68. The van der Waals surface area contributed by atoms with Crippen molar-refractivity contribution < 1.29 is 22.7 Å². The number of alkyl halides is 3. The maximum Gasteiger partial charge on any atom is 0.412 e. The maximum atomic E-state index is 12.8. The summed E-state index contributed by atoms with van der Waals surface area (Å²) in [6, 6.07) is 0. The monoisotopic (exact) mass is 260 g/mol. The Bertz CT molecular complexity index is 237. The van der Waals surface area contributed by atoms with E-state index in [9.17, 15) is 18.0 Å². The molecule has 0 aromatic heterocycles. The lowest BCUT2D eigenvalue weighted by atomic mass is 10.3. The van der Waals surface area contributed by atoms with E-state index < -0.39 is 22.6 Å². The van der Waals surface area contributed by atoms with Gasteiger partial charge in [0.15, 0.2) is 4.08 Å². The lowest BCUT2D eigenvalue weighted by Crippen LogP contribution is -2.39. The summed E-state index contributed by atoms with van der Waals surface area (Å²) < 4.78 is 40.9. The molecular weight excluding hydrogens is 249 g/mol. The first kappa shape index (κ1) is 13.0. The fourth-order valence-electron chi connectivity index (χ4n) is 1.22. The molecule has 0 amide bonds. The summed E-state index contributed by atoms with van der Waals surface area (Å²) in [6.45, 7) is 1.69. The van der Waals surface area contributed by atoms with E-state index in [1.165, 1.54) is 0 Å². The molecule has 0 unspecified atom stereocenters. The molecule has 1 rings (SSSR count). The van der Waals surface area contributed by atoms with Gasteiger partial charge in [-0.1, -0.05) is 0 Å². The van der Waals surface area contributed by atoms with E-state index in [-0.39, 0.29) is 6.61 Å². The van der Waals surface area contributed by atoms with E-state index in [1.54, 1.807) is 6.92 Å². The molecule has 2 nitrogen and oxygen atoms in total. The van der Waals surface area contributed by atoms with Gasteiger partial charge in [-0.25, -0.2) is 0 Å². The Morgan fingerprint density at radius 1 is 1.40 bits per heavy atom. The Hall–Kier alpha value is -0.0400. The normalized spacial score (nSPS) is 20.3. The van der Waals surface area contributed by atoms with Crippen LogP contribution in [0, 0.1) is 0 Å². The second-order valence-electron chi connectivity index (χ2n) is 2.93. The van der Waals surface area contributed by atoms with E-state index in [0.717, 1.165) is 23.5 Å². The van der Waals surface area contributed by atoms with Gasteiger partial charge in [-0.3, -0.25) is 4.79 Å². The number of hydrogen-bond acceptors (Lipinski definition) is 4. The van der Waals surface area contributed by atoms with E-state index in [2.05, 4.69) is 4.74 Å². The summed E-state index contributed by atoms with van der Waals surface area (Å²) in [5.74, 6) is 0.0596. The van der Waals surface area contributed by atoms with Gasteiger partial charge in [0.2, 0.25) is 0 Å². The van der Waals surface area contributed by atoms with Crippen LogP contribution in [-0.4, -0.2) is 34.3 Å². The highest BCUT2D eigenvalue weighted by molar-refractivity contribution is 8.21. The van der Waals surface area contributed by atoms with Crippen molar-refractivity contribution in [3.05, 3.63) is 0 Å². The highest BCUT2D eigenvalue weighted by Crippen LogP contribution is 2.56. The van der Waals surface area contributed by atoms with Crippen LogP contribution in [0.15, 0.2) is 0 Å². The van der Waals surface area contributed by atoms with Gasteiger partial charge in [0.05, 0.1) is 13.0 Å². The SMILES string of the molecule is CCOC(=O)CC1(C(F)(F)F)SCCS1. The summed E-state index contributed by atoms with van der Waals surface area (Å²) in [7, 11) is 0. The van der Waals surface area contributed by atoms with Crippen molar-refractivity contribution in [2.24, 2.45) is 0 Å². The average Bonchev–Trinajstić information content (AvgIpc) is 2.53. The number of thioether (sulfide) groups is 2. The fourth-order valence-corrected chi connectivity index (χ4v) is 4.15. The average molecular weight is 260 g/mol. The largest absolute Gasteiger partial charge is 0.466 e. The first-order chi connectivity index (χ1) is 6.91. The smallest absolute Gasteiger partial charge is 0.412 e. The number of halogens is 3. The first-order valence-corrected chi connectivity index (χ1v) is 6.38. The summed E-state index contributed by atoms with van der Waals surface area (Å²) >= 11 is 1.58. The number of carbonyl (C=O) groups excluding carboxylic acids is 1. The van der Waals surface area contributed by atoms with Crippen LogP contribution in [0.5, 0.6) is 0 Å². The van der Waals surface area contributed by atoms with Gasteiger partial charge in [-0.2, -0.15) is 13.2 Å². The molecule has 1 aliphatic heterocycles. The molecule has 0 atom stereocenters. The van der Waals surface area contributed by atoms with Crippen molar-refractivity contribution in [3.8, 4) is 0 Å². The molecule has 15 heavy (non-hydrogen) atoms. The Morgan fingerprint density at radius 2 is 1.93 bits per heavy atom. The van der Waals surface area contributed by atoms with Crippen molar-refractivity contribution in [2.45, 2.75) is 23.6 Å². The third kappa shape index (κ3) is 2.96. The summed E-state index contributed by atoms with van der Waals surface area (Å²) in [4.78, 5) is 11.1. The van der Waals surface area contributed by atoms with Gasteiger partial charge in [-0.15, -0.1) is 23.5 Å². The van der Waals surface area contributed by atoms with Gasteiger partial charge in [0, 0.05) is 11.5 Å². The van der Waals surface area contributed by atoms with Crippen LogP contribution in [0.1, 0.15) is 13.3 Å². The van der Waals surface area contributed by atoms with Gasteiger partial charge >= 0.3 is 12.1 Å². The molecule has 0 bridgehead atoms. The minimum atomic E-state index is -4.37. The zero-order valence-electron chi connectivity index (χ0n) is 8.10. The molecule has 0 spiro atoms. The number of ether oxygens (including phenoxy) is 1. The van der Waals surface area contributed by atoms with Gasteiger partial charge in [-0.05, 0) is 6.92 Å². The summed E-state index contributed by atoms with van der Waals surface area (Å²) in [5, 5.41) is 0. The summed E-state index contributed by atoms with van der Waals surface area (Å²) in [6.07, 6.45) is -4.97. The van der Waals surface area contributed by atoms with Crippen molar-refractivity contribution in [3.63, 3.8) is 0 Å². The van der Waals surface area contributed by atoms with E-state index in [1.807, 2.05) is 0 Å².